The first kappa shape index (κ1) is 22.7. The van der Waals surface area contributed by atoms with Gasteiger partial charge in [0.2, 0.25) is 0 Å². The van der Waals surface area contributed by atoms with E-state index in [2.05, 4.69) is 52.9 Å². The van der Waals surface area contributed by atoms with Gasteiger partial charge < -0.3 is 20.4 Å². The molecular formula is C26H37N5O. The van der Waals surface area contributed by atoms with Gasteiger partial charge in [-0.15, -0.1) is 0 Å². The van der Waals surface area contributed by atoms with Gasteiger partial charge in [0.25, 0.3) is 5.91 Å². The number of nitrogens with two attached hydrogens (primary N) is 1. The molecule has 0 unspecified atom stereocenters. The van der Waals surface area contributed by atoms with Crippen LogP contribution in [0.5, 0.6) is 0 Å². The minimum absolute atomic E-state index is 0.0358. The number of carbonyl (C=O) groups excluding carboxylic acids is 1. The van der Waals surface area contributed by atoms with E-state index >= 15 is 0 Å². The zero-order valence-corrected chi connectivity index (χ0v) is 19.6. The third-order valence-electron chi connectivity index (χ3n) is 7.12. The largest absolute Gasteiger partial charge is 0.397 e. The molecule has 0 spiro atoms. The maximum Gasteiger partial charge on any atom is 0.274 e. The number of amides is 1. The Hall–Kier alpha value is -2.44. The minimum atomic E-state index is -0.0358. The van der Waals surface area contributed by atoms with Crippen LogP contribution >= 0.6 is 0 Å². The lowest BCUT2D eigenvalue weighted by molar-refractivity contribution is 0.0632. The zero-order chi connectivity index (χ0) is 22.5. The van der Waals surface area contributed by atoms with Crippen LogP contribution < -0.4 is 5.73 Å². The first-order valence-electron chi connectivity index (χ1n) is 12.2. The Morgan fingerprint density at radius 3 is 2.38 bits per heavy atom. The molecule has 1 aromatic carbocycles. The molecular weight excluding hydrogens is 398 g/mol. The first-order chi connectivity index (χ1) is 15.6. The third kappa shape index (κ3) is 5.30. The molecule has 0 saturated carbocycles. The summed E-state index contributed by atoms with van der Waals surface area (Å²) in [4.78, 5) is 24.6. The Balaban J connectivity index is 1.33. The fraction of sp³-hybridized carbons (Fsp3) is 0.538. The van der Waals surface area contributed by atoms with Crippen LogP contribution in [0.3, 0.4) is 0 Å². The van der Waals surface area contributed by atoms with E-state index in [1.165, 1.54) is 31.7 Å². The Labute approximate surface area is 192 Å². The molecule has 0 bridgehead atoms. The van der Waals surface area contributed by atoms with Gasteiger partial charge in [0.15, 0.2) is 5.69 Å². The van der Waals surface area contributed by atoms with Crippen molar-refractivity contribution >= 4 is 11.6 Å². The molecule has 172 valence electrons. The quantitative estimate of drug-likeness (QED) is 0.754. The Kier molecular flexibility index (Phi) is 7.43. The van der Waals surface area contributed by atoms with Crippen molar-refractivity contribution in [1.29, 1.82) is 0 Å². The predicted molar refractivity (Wildman–Crippen MR) is 131 cm³/mol. The molecule has 6 nitrogen and oxygen atoms in total. The summed E-state index contributed by atoms with van der Waals surface area (Å²) < 4.78 is 0. The number of rotatable bonds is 6. The fourth-order valence-corrected chi connectivity index (χ4v) is 4.91. The number of likely N-dealkylation sites (N-methyl/N-ethyl adjacent to an activating group) is 1. The summed E-state index contributed by atoms with van der Waals surface area (Å²) in [5.41, 5.74) is 10.5. The van der Waals surface area contributed by atoms with Gasteiger partial charge in [0, 0.05) is 57.6 Å². The number of pyridine rings is 1. The number of piperidine rings is 1. The summed E-state index contributed by atoms with van der Waals surface area (Å²) in [6.07, 6.45) is 4.88. The van der Waals surface area contributed by atoms with Gasteiger partial charge in [-0.25, -0.2) is 4.98 Å². The molecule has 2 fully saturated rings. The first-order valence-corrected chi connectivity index (χ1v) is 12.2. The normalized spacial score (nSPS) is 18.8. The summed E-state index contributed by atoms with van der Waals surface area (Å²) in [7, 11) is 0. The highest BCUT2D eigenvalue weighted by molar-refractivity contribution is 5.97. The number of hydrogen-bond donors (Lipinski definition) is 1. The standard InChI is InChI=1S/C26H37N5O/c1-3-20-6-5-7-22(16-20)23-17-24(27)25(28-18-23)26(32)31-10-8-21(9-11-31)19-30-14-12-29(4-2)13-15-30/h5-7,16-18,21H,3-4,8-15,19,27H2,1-2H3. The minimum Gasteiger partial charge on any atom is -0.397 e. The number of nitrogen functional groups attached to an aromatic ring is 1. The maximum absolute atomic E-state index is 13.1. The molecule has 2 aromatic rings. The number of aromatic nitrogens is 1. The van der Waals surface area contributed by atoms with Crippen molar-refractivity contribution in [3.05, 3.63) is 47.8 Å². The zero-order valence-electron chi connectivity index (χ0n) is 19.6. The van der Waals surface area contributed by atoms with E-state index in [0.29, 0.717) is 17.3 Å². The molecule has 0 radical (unpaired) electrons. The molecule has 0 atom stereocenters. The van der Waals surface area contributed by atoms with E-state index in [-0.39, 0.29) is 5.91 Å². The number of nitrogens with zero attached hydrogens (tertiary/aromatic N) is 4. The molecule has 32 heavy (non-hydrogen) atoms. The van der Waals surface area contributed by atoms with Crippen LogP contribution in [0.15, 0.2) is 36.5 Å². The number of likely N-dealkylation sites (tertiary alicyclic amines) is 1. The van der Waals surface area contributed by atoms with Gasteiger partial charge in [-0.2, -0.15) is 0 Å². The second-order valence-corrected chi connectivity index (χ2v) is 9.19. The lowest BCUT2D eigenvalue weighted by atomic mass is 9.95. The number of hydrogen-bond acceptors (Lipinski definition) is 5. The molecule has 2 N–H and O–H groups in total. The summed E-state index contributed by atoms with van der Waals surface area (Å²) >= 11 is 0. The lowest BCUT2D eigenvalue weighted by Gasteiger charge is -2.38. The highest BCUT2D eigenvalue weighted by Gasteiger charge is 2.27. The van der Waals surface area contributed by atoms with E-state index in [0.717, 1.165) is 56.6 Å². The number of anilines is 1. The van der Waals surface area contributed by atoms with Crippen LogP contribution in [-0.2, 0) is 6.42 Å². The van der Waals surface area contributed by atoms with Crippen LogP contribution in [0.25, 0.3) is 11.1 Å². The molecule has 3 heterocycles. The molecule has 6 heteroatoms. The second kappa shape index (κ2) is 10.5. The number of carbonyl (C=O) groups is 1. The van der Waals surface area contributed by atoms with Crippen molar-refractivity contribution in [1.82, 2.24) is 19.7 Å². The second-order valence-electron chi connectivity index (χ2n) is 9.19. The van der Waals surface area contributed by atoms with Crippen LogP contribution in [0, 0.1) is 5.92 Å². The number of aryl methyl sites for hydroxylation is 1. The molecule has 2 aliphatic rings. The van der Waals surface area contributed by atoms with Gasteiger partial charge >= 0.3 is 0 Å². The molecule has 4 rings (SSSR count). The average molecular weight is 436 g/mol. The lowest BCUT2D eigenvalue weighted by Crippen LogP contribution is -2.49. The van der Waals surface area contributed by atoms with Gasteiger partial charge in [0.1, 0.15) is 0 Å². The number of piperazine rings is 1. The third-order valence-corrected chi connectivity index (χ3v) is 7.12. The van der Waals surface area contributed by atoms with Gasteiger partial charge in [0.05, 0.1) is 5.69 Å². The Morgan fingerprint density at radius 2 is 1.72 bits per heavy atom. The van der Waals surface area contributed by atoms with Crippen molar-refractivity contribution in [2.45, 2.75) is 33.1 Å². The summed E-state index contributed by atoms with van der Waals surface area (Å²) in [5, 5.41) is 0. The molecule has 1 aromatic heterocycles. The van der Waals surface area contributed by atoms with Crippen molar-refractivity contribution < 1.29 is 4.79 Å². The van der Waals surface area contributed by atoms with E-state index in [4.69, 9.17) is 5.73 Å². The number of benzene rings is 1. The van der Waals surface area contributed by atoms with Crippen LogP contribution in [0.1, 0.15) is 42.7 Å². The van der Waals surface area contributed by atoms with Gasteiger partial charge in [-0.05, 0) is 48.9 Å². The monoisotopic (exact) mass is 435 g/mol. The van der Waals surface area contributed by atoms with Crippen LogP contribution in [-0.4, -0.2) is 77.9 Å². The summed E-state index contributed by atoms with van der Waals surface area (Å²) in [6, 6.07) is 10.3. The maximum atomic E-state index is 13.1. The SMILES string of the molecule is CCc1cccc(-c2cnc(C(=O)N3CCC(CN4CCN(CC)CC4)CC3)c(N)c2)c1. The van der Waals surface area contributed by atoms with E-state index < -0.39 is 0 Å². The predicted octanol–water partition coefficient (Wildman–Crippen LogP) is 3.38. The topological polar surface area (TPSA) is 65.7 Å². The van der Waals surface area contributed by atoms with Crippen molar-refractivity contribution in [3.63, 3.8) is 0 Å². The smallest absolute Gasteiger partial charge is 0.274 e. The van der Waals surface area contributed by atoms with E-state index in [9.17, 15) is 4.79 Å². The molecule has 0 aliphatic carbocycles. The Morgan fingerprint density at radius 1 is 1.00 bits per heavy atom. The summed E-state index contributed by atoms with van der Waals surface area (Å²) in [5.74, 6) is 0.636. The highest BCUT2D eigenvalue weighted by atomic mass is 16.2. The fourth-order valence-electron chi connectivity index (χ4n) is 4.91. The van der Waals surface area contributed by atoms with Crippen molar-refractivity contribution in [3.8, 4) is 11.1 Å². The van der Waals surface area contributed by atoms with Crippen molar-refractivity contribution in [2.24, 2.45) is 5.92 Å². The van der Waals surface area contributed by atoms with Crippen molar-refractivity contribution in [2.75, 3.05) is 58.1 Å². The van der Waals surface area contributed by atoms with E-state index in [1.807, 2.05) is 11.0 Å². The summed E-state index contributed by atoms with van der Waals surface area (Å²) in [6.45, 7) is 13.0. The molecule has 2 saturated heterocycles. The van der Waals surface area contributed by atoms with Gasteiger partial charge in [-0.1, -0.05) is 38.1 Å². The van der Waals surface area contributed by atoms with Gasteiger partial charge in [-0.3, -0.25) is 4.79 Å². The molecule has 2 aliphatic heterocycles. The van der Waals surface area contributed by atoms with Crippen LogP contribution in [0.4, 0.5) is 5.69 Å². The van der Waals surface area contributed by atoms with Crippen LogP contribution in [0.2, 0.25) is 0 Å². The average Bonchev–Trinajstić information content (AvgIpc) is 2.84. The Bertz CT molecular complexity index is 914. The molecule has 1 amide bonds. The highest BCUT2D eigenvalue weighted by Crippen LogP contribution is 2.26. The van der Waals surface area contributed by atoms with E-state index in [1.54, 1.807) is 6.20 Å².